The Kier molecular flexibility index (Phi) is 5.04. The number of piperidine rings is 1. The van der Waals surface area contributed by atoms with Crippen LogP contribution in [0, 0.1) is 17.8 Å². The maximum Gasteiger partial charge on any atom is 0.0629 e. The van der Waals surface area contributed by atoms with Crippen LogP contribution in [-0.2, 0) is 0 Å². The summed E-state index contributed by atoms with van der Waals surface area (Å²) in [6.45, 7) is 7.42. The van der Waals surface area contributed by atoms with Gasteiger partial charge in [0.25, 0.3) is 0 Å². The highest BCUT2D eigenvalue weighted by molar-refractivity contribution is 4.95. The van der Waals surface area contributed by atoms with E-state index in [1.54, 1.807) is 0 Å². The van der Waals surface area contributed by atoms with Gasteiger partial charge in [0.1, 0.15) is 0 Å². The molecule has 2 nitrogen and oxygen atoms in total. The van der Waals surface area contributed by atoms with Crippen LogP contribution in [0.3, 0.4) is 0 Å². The minimum absolute atomic E-state index is 0.717. The molecule has 116 valence electrons. The molecule has 2 heterocycles. The number of nitrogens with one attached hydrogen (secondary N) is 1. The summed E-state index contributed by atoms with van der Waals surface area (Å²) in [4.78, 5) is 2.90. The average molecular weight is 278 g/mol. The van der Waals surface area contributed by atoms with E-state index in [0.717, 1.165) is 30.0 Å². The molecule has 2 aliphatic heterocycles. The Hall–Kier alpha value is -0.0800. The van der Waals surface area contributed by atoms with Crippen LogP contribution in [0.15, 0.2) is 0 Å². The second kappa shape index (κ2) is 6.79. The lowest BCUT2D eigenvalue weighted by Gasteiger charge is -2.38. The topological polar surface area (TPSA) is 15.3 Å². The molecule has 0 aromatic carbocycles. The highest BCUT2D eigenvalue weighted by atomic mass is 15.3. The molecular formula is C18H34N2. The van der Waals surface area contributed by atoms with Gasteiger partial charge in [-0.2, -0.15) is 0 Å². The van der Waals surface area contributed by atoms with E-state index in [9.17, 15) is 0 Å². The Balaban J connectivity index is 1.65. The molecule has 3 atom stereocenters. The molecule has 0 spiro atoms. The molecule has 1 saturated carbocycles. The van der Waals surface area contributed by atoms with Crippen molar-refractivity contribution < 1.29 is 0 Å². The van der Waals surface area contributed by atoms with Gasteiger partial charge in [-0.3, -0.25) is 4.90 Å². The second-order valence-electron chi connectivity index (χ2n) is 8.02. The number of hydrogen-bond acceptors (Lipinski definition) is 2. The molecule has 2 saturated heterocycles. The summed E-state index contributed by atoms with van der Waals surface area (Å²) in [5.41, 5.74) is 0. The van der Waals surface area contributed by atoms with Crippen molar-refractivity contribution in [3.8, 4) is 0 Å². The fourth-order valence-corrected chi connectivity index (χ4v) is 4.99. The molecule has 20 heavy (non-hydrogen) atoms. The predicted octanol–water partition coefficient (Wildman–Crippen LogP) is 4.01. The van der Waals surface area contributed by atoms with Crippen molar-refractivity contribution in [3.63, 3.8) is 0 Å². The Labute approximate surface area is 125 Å². The van der Waals surface area contributed by atoms with Crippen molar-refractivity contribution in [2.24, 2.45) is 17.8 Å². The first-order valence-corrected chi connectivity index (χ1v) is 9.23. The van der Waals surface area contributed by atoms with Crippen LogP contribution >= 0.6 is 0 Å². The standard InChI is InChI=1S/C18H34N2/c1-14(2)11-17-12-16-9-6-10-19-18(16)20(17)13-15-7-4-3-5-8-15/h14-19H,3-13H2,1-2H3. The van der Waals surface area contributed by atoms with Crippen LogP contribution in [0.2, 0.25) is 0 Å². The summed E-state index contributed by atoms with van der Waals surface area (Å²) < 4.78 is 0. The van der Waals surface area contributed by atoms with E-state index in [2.05, 4.69) is 24.1 Å². The van der Waals surface area contributed by atoms with Gasteiger partial charge in [-0.25, -0.2) is 0 Å². The Morgan fingerprint density at radius 2 is 1.85 bits per heavy atom. The van der Waals surface area contributed by atoms with Gasteiger partial charge in [-0.15, -0.1) is 0 Å². The summed E-state index contributed by atoms with van der Waals surface area (Å²) in [5.74, 6) is 2.77. The second-order valence-corrected chi connectivity index (χ2v) is 8.02. The minimum atomic E-state index is 0.717. The zero-order valence-corrected chi connectivity index (χ0v) is 13.6. The van der Waals surface area contributed by atoms with Crippen LogP contribution in [0.4, 0.5) is 0 Å². The molecule has 1 N–H and O–H groups in total. The van der Waals surface area contributed by atoms with Crippen molar-refractivity contribution >= 4 is 0 Å². The number of nitrogens with zero attached hydrogens (tertiary/aromatic N) is 1. The molecule has 0 aromatic rings. The van der Waals surface area contributed by atoms with E-state index >= 15 is 0 Å². The van der Waals surface area contributed by atoms with Crippen molar-refractivity contribution in [1.82, 2.24) is 10.2 Å². The third-order valence-electron chi connectivity index (χ3n) is 5.89. The van der Waals surface area contributed by atoms with Crippen LogP contribution in [0.5, 0.6) is 0 Å². The molecule has 3 fully saturated rings. The van der Waals surface area contributed by atoms with Gasteiger partial charge < -0.3 is 5.32 Å². The van der Waals surface area contributed by atoms with E-state index in [0.29, 0.717) is 0 Å². The van der Waals surface area contributed by atoms with E-state index in [1.807, 2.05) is 0 Å². The van der Waals surface area contributed by atoms with E-state index in [-0.39, 0.29) is 0 Å². The lowest BCUT2D eigenvalue weighted by Crippen LogP contribution is -2.51. The maximum absolute atomic E-state index is 3.85. The SMILES string of the molecule is CC(C)CC1CC2CCCNC2N1CC1CCCCC1. The van der Waals surface area contributed by atoms with Crippen LogP contribution in [0.25, 0.3) is 0 Å². The molecule has 0 radical (unpaired) electrons. The summed E-state index contributed by atoms with van der Waals surface area (Å²) in [6, 6.07) is 0.859. The molecule has 0 aromatic heterocycles. The molecular weight excluding hydrogens is 244 g/mol. The molecule has 3 unspecified atom stereocenters. The summed E-state index contributed by atoms with van der Waals surface area (Å²) in [6.07, 6.45) is 13.9. The number of hydrogen-bond donors (Lipinski definition) is 1. The van der Waals surface area contributed by atoms with E-state index < -0.39 is 0 Å². The van der Waals surface area contributed by atoms with Crippen molar-refractivity contribution in [3.05, 3.63) is 0 Å². The first kappa shape index (κ1) is 14.8. The summed E-state index contributed by atoms with van der Waals surface area (Å²) >= 11 is 0. The first-order chi connectivity index (χ1) is 9.74. The zero-order chi connectivity index (χ0) is 13.9. The van der Waals surface area contributed by atoms with Gasteiger partial charge in [0.2, 0.25) is 0 Å². The maximum atomic E-state index is 3.85. The van der Waals surface area contributed by atoms with Crippen molar-refractivity contribution in [2.45, 2.75) is 83.8 Å². The van der Waals surface area contributed by atoms with Gasteiger partial charge in [-0.1, -0.05) is 33.1 Å². The predicted molar refractivity (Wildman–Crippen MR) is 85.7 cm³/mol. The number of fused-ring (bicyclic) bond motifs is 1. The Morgan fingerprint density at radius 3 is 2.60 bits per heavy atom. The first-order valence-electron chi connectivity index (χ1n) is 9.23. The molecule has 0 bridgehead atoms. The monoisotopic (exact) mass is 278 g/mol. The highest BCUT2D eigenvalue weighted by Gasteiger charge is 2.42. The largest absolute Gasteiger partial charge is 0.301 e. The Morgan fingerprint density at radius 1 is 1.05 bits per heavy atom. The molecule has 2 heteroatoms. The number of rotatable bonds is 4. The lowest BCUT2D eigenvalue weighted by molar-refractivity contribution is 0.0941. The molecule has 3 aliphatic rings. The third-order valence-corrected chi connectivity index (χ3v) is 5.89. The normalized spacial score (nSPS) is 36.5. The van der Waals surface area contributed by atoms with Gasteiger partial charge in [0, 0.05) is 12.6 Å². The third kappa shape index (κ3) is 3.39. The quantitative estimate of drug-likeness (QED) is 0.836. The summed E-state index contributed by atoms with van der Waals surface area (Å²) in [7, 11) is 0. The van der Waals surface area contributed by atoms with Gasteiger partial charge in [0.15, 0.2) is 0 Å². The fourth-order valence-electron chi connectivity index (χ4n) is 4.99. The van der Waals surface area contributed by atoms with Crippen LogP contribution < -0.4 is 5.32 Å². The van der Waals surface area contributed by atoms with Gasteiger partial charge in [-0.05, 0) is 62.8 Å². The van der Waals surface area contributed by atoms with Crippen LogP contribution in [-0.4, -0.2) is 30.2 Å². The molecule has 1 aliphatic carbocycles. The lowest BCUT2D eigenvalue weighted by atomic mass is 9.88. The smallest absolute Gasteiger partial charge is 0.0629 e. The zero-order valence-electron chi connectivity index (χ0n) is 13.6. The highest BCUT2D eigenvalue weighted by Crippen LogP contribution is 2.38. The Bertz CT molecular complexity index is 296. The molecule has 0 amide bonds. The molecule has 3 rings (SSSR count). The van der Waals surface area contributed by atoms with Crippen LogP contribution in [0.1, 0.15) is 71.6 Å². The fraction of sp³-hybridized carbons (Fsp3) is 1.00. The van der Waals surface area contributed by atoms with E-state index in [4.69, 9.17) is 0 Å². The minimum Gasteiger partial charge on any atom is -0.301 e. The van der Waals surface area contributed by atoms with E-state index in [1.165, 1.54) is 70.9 Å². The summed E-state index contributed by atoms with van der Waals surface area (Å²) in [5, 5.41) is 3.85. The average Bonchev–Trinajstić information content (AvgIpc) is 2.77. The van der Waals surface area contributed by atoms with Crippen molar-refractivity contribution in [2.75, 3.05) is 13.1 Å². The van der Waals surface area contributed by atoms with Gasteiger partial charge in [0.05, 0.1) is 6.17 Å². The number of likely N-dealkylation sites (tertiary alicyclic amines) is 1. The van der Waals surface area contributed by atoms with Gasteiger partial charge >= 0.3 is 0 Å². The van der Waals surface area contributed by atoms with Crippen molar-refractivity contribution in [1.29, 1.82) is 0 Å².